The van der Waals surface area contributed by atoms with Crippen LogP contribution in [0.25, 0.3) is 0 Å². The van der Waals surface area contributed by atoms with Crippen molar-refractivity contribution >= 4 is 17.9 Å². The number of likely N-dealkylation sites (N-methyl/N-ethyl adjacent to an activating group) is 1. The lowest BCUT2D eigenvalue weighted by Gasteiger charge is -2.61. The maximum Gasteiger partial charge on any atom is 0.344 e. The van der Waals surface area contributed by atoms with Gasteiger partial charge in [-0.05, 0) is 56.6 Å². The third kappa shape index (κ3) is 4.84. The molecule has 0 amide bonds. The molecule has 2 aliphatic carbocycles. The van der Waals surface area contributed by atoms with Gasteiger partial charge in [0.15, 0.2) is 42.2 Å². The first-order chi connectivity index (χ1) is 21.8. The van der Waals surface area contributed by atoms with Gasteiger partial charge < -0.3 is 54.5 Å². The molecule has 1 spiro atoms. The normalized spacial score (nSPS) is 29.2. The molecular formula is C32H35NO13. The summed E-state index contributed by atoms with van der Waals surface area (Å²) in [5.74, 6) is -4.00. The van der Waals surface area contributed by atoms with Crippen LogP contribution in [0.5, 0.6) is 11.5 Å². The highest BCUT2D eigenvalue weighted by Gasteiger charge is 2.72. The van der Waals surface area contributed by atoms with Crippen molar-refractivity contribution in [2.24, 2.45) is 0 Å². The molecule has 0 aromatic heterocycles. The summed E-state index contributed by atoms with van der Waals surface area (Å²) in [5.41, 5.74) is -0.709. The van der Waals surface area contributed by atoms with Crippen molar-refractivity contribution in [1.29, 1.82) is 0 Å². The van der Waals surface area contributed by atoms with Crippen LogP contribution in [-0.4, -0.2) is 109 Å². The van der Waals surface area contributed by atoms with Crippen LogP contribution in [0.4, 0.5) is 0 Å². The summed E-state index contributed by atoms with van der Waals surface area (Å²) in [4.78, 5) is 39.2. The molecule has 2 aromatic rings. The average Bonchev–Trinajstić information content (AvgIpc) is 3.40. The van der Waals surface area contributed by atoms with Crippen molar-refractivity contribution in [2.45, 2.75) is 80.1 Å². The summed E-state index contributed by atoms with van der Waals surface area (Å²) in [6.45, 7) is 1.70. The van der Waals surface area contributed by atoms with Gasteiger partial charge >= 0.3 is 17.9 Å². The zero-order valence-electron chi connectivity index (χ0n) is 25.0. The Labute approximate surface area is 263 Å². The van der Waals surface area contributed by atoms with E-state index in [2.05, 4.69) is 4.90 Å². The van der Waals surface area contributed by atoms with Gasteiger partial charge in [-0.3, -0.25) is 0 Å². The monoisotopic (exact) mass is 641 g/mol. The molecule has 14 heteroatoms. The molecule has 46 heavy (non-hydrogen) atoms. The van der Waals surface area contributed by atoms with Gasteiger partial charge in [0, 0.05) is 18.0 Å². The number of aromatic hydroxyl groups is 1. The fourth-order valence-electron chi connectivity index (χ4n) is 7.31. The van der Waals surface area contributed by atoms with Gasteiger partial charge in [0.25, 0.3) is 0 Å². The van der Waals surface area contributed by atoms with Gasteiger partial charge in [0.2, 0.25) is 0 Å². The second-order valence-corrected chi connectivity index (χ2v) is 12.2. The second-order valence-electron chi connectivity index (χ2n) is 12.2. The first kappa shape index (κ1) is 31.9. The van der Waals surface area contributed by atoms with Crippen LogP contribution < -0.4 is 4.74 Å². The number of aliphatic carboxylic acids is 1. The number of hydrogen-bond donors (Lipinski definition) is 6. The number of likely N-dealkylation sites (tertiary alicyclic amines) is 1. The van der Waals surface area contributed by atoms with Gasteiger partial charge in [-0.15, -0.1) is 0 Å². The number of carbonyl (C=O) groups excluding carboxylic acids is 2. The average molecular weight is 642 g/mol. The molecule has 2 unspecified atom stereocenters. The van der Waals surface area contributed by atoms with Gasteiger partial charge in [-0.2, -0.15) is 0 Å². The minimum Gasteiger partial charge on any atom is -0.504 e. The number of carbonyl (C=O) groups is 3. The number of ether oxygens (including phenoxy) is 4. The summed E-state index contributed by atoms with van der Waals surface area (Å²) < 4.78 is 21.9. The lowest BCUT2D eigenvalue weighted by Crippen LogP contribution is -2.74. The number of benzene rings is 2. The zero-order chi connectivity index (χ0) is 33.1. The summed E-state index contributed by atoms with van der Waals surface area (Å²) in [5, 5.41) is 64.1. The van der Waals surface area contributed by atoms with Crippen molar-refractivity contribution in [2.75, 3.05) is 13.6 Å². The van der Waals surface area contributed by atoms with E-state index in [0.717, 1.165) is 12.5 Å². The SMILES string of the molecule is C[C@H](OC(=O)[C@@H](OC(O)[C@H](O)[C@@H](O)C(=O)OC1=CC[C@@]2(O)[C@H]3Cc4ccc(O)c5c4C2(CCN3C)[C@H]1O5)c1ccccc1)C(=O)O. The number of nitrogens with zero attached hydrogens (tertiary/aromatic N) is 1. The smallest absolute Gasteiger partial charge is 0.344 e. The van der Waals surface area contributed by atoms with E-state index in [1.807, 2.05) is 7.05 Å². The predicted octanol–water partition coefficient (Wildman–Crippen LogP) is 0.0275. The van der Waals surface area contributed by atoms with Crippen LogP contribution in [0, 0.1) is 0 Å². The van der Waals surface area contributed by atoms with E-state index in [4.69, 9.17) is 24.1 Å². The van der Waals surface area contributed by atoms with Crippen LogP contribution in [0.15, 0.2) is 54.3 Å². The van der Waals surface area contributed by atoms with Crippen LogP contribution in [0.2, 0.25) is 0 Å². The molecule has 9 atom stereocenters. The highest BCUT2D eigenvalue weighted by molar-refractivity contribution is 5.81. The molecule has 2 aliphatic heterocycles. The Balaban J connectivity index is 1.21. The molecular weight excluding hydrogens is 606 g/mol. The van der Waals surface area contributed by atoms with Gasteiger partial charge in [-0.25, -0.2) is 14.4 Å². The Morgan fingerprint density at radius 2 is 1.78 bits per heavy atom. The van der Waals surface area contributed by atoms with E-state index in [1.165, 1.54) is 36.4 Å². The van der Waals surface area contributed by atoms with Crippen LogP contribution in [-0.2, 0) is 40.4 Å². The maximum absolute atomic E-state index is 13.2. The number of piperidine rings is 1. The molecule has 0 saturated carbocycles. The van der Waals surface area contributed by atoms with Crippen molar-refractivity contribution in [3.8, 4) is 11.5 Å². The highest BCUT2D eigenvalue weighted by Crippen LogP contribution is 2.65. The number of aliphatic hydroxyl groups excluding tert-OH is 3. The van der Waals surface area contributed by atoms with Crippen molar-refractivity contribution in [3.05, 3.63) is 71.0 Å². The third-order valence-electron chi connectivity index (χ3n) is 9.66. The second kappa shape index (κ2) is 11.6. The van der Waals surface area contributed by atoms with E-state index in [-0.39, 0.29) is 35.3 Å². The number of esters is 2. The first-order valence-corrected chi connectivity index (χ1v) is 14.8. The lowest BCUT2D eigenvalue weighted by molar-refractivity contribution is -0.225. The van der Waals surface area contributed by atoms with Crippen LogP contribution in [0.1, 0.15) is 42.6 Å². The van der Waals surface area contributed by atoms with Crippen LogP contribution >= 0.6 is 0 Å². The molecule has 1 saturated heterocycles. The standard InChI is InChI=1S/C32H35NO13/c1-15(27(37)38)43-30(41)24(16-6-4-3-5-7-16)46-29(40)23(36)22(35)28(39)44-19-10-11-32(42)20-14-17-8-9-18(34)25-21(17)31(32,26(19)45-25)12-13-33(20)2/h3-10,15,20,22-24,26,29,34-36,40,42H,11-14H2,1-2H3,(H,37,38)/t15-,20+,22+,23+,24-,26-,29?,31?,32+/m0/s1. The van der Waals surface area contributed by atoms with Crippen molar-refractivity contribution in [3.63, 3.8) is 0 Å². The highest BCUT2D eigenvalue weighted by atomic mass is 16.7. The van der Waals surface area contributed by atoms with E-state index in [1.54, 1.807) is 12.1 Å². The van der Waals surface area contributed by atoms with E-state index in [0.29, 0.717) is 24.9 Å². The third-order valence-corrected chi connectivity index (χ3v) is 9.66. The molecule has 4 aliphatic rings. The summed E-state index contributed by atoms with van der Waals surface area (Å²) in [6.07, 6.45) is -8.91. The Bertz CT molecular complexity index is 1580. The quantitative estimate of drug-likeness (QED) is 0.149. The van der Waals surface area contributed by atoms with Gasteiger partial charge in [-0.1, -0.05) is 36.4 Å². The molecule has 246 valence electrons. The Morgan fingerprint density at radius 3 is 2.48 bits per heavy atom. The summed E-state index contributed by atoms with van der Waals surface area (Å²) >= 11 is 0. The van der Waals surface area contributed by atoms with E-state index < -0.39 is 65.7 Å². The van der Waals surface area contributed by atoms with Crippen molar-refractivity contribution < 1.29 is 64.0 Å². The fourth-order valence-corrected chi connectivity index (χ4v) is 7.31. The summed E-state index contributed by atoms with van der Waals surface area (Å²) in [6, 6.07) is 10.6. The predicted molar refractivity (Wildman–Crippen MR) is 154 cm³/mol. The Morgan fingerprint density at radius 1 is 1.07 bits per heavy atom. The largest absolute Gasteiger partial charge is 0.504 e. The van der Waals surface area contributed by atoms with Crippen molar-refractivity contribution in [1.82, 2.24) is 4.90 Å². The molecule has 0 radical (unpaired) electrons. The number of aliphatic hydroxyl groups is 4. The number of hydrogen-bond acceptors (Lipinski definition) is 13. The Kier molecular flexibility index (Phi) is 8.07. The molecule has 2 aromatic carbocycles. The molecule has 2 heterocycles. The van der Waals surface area contributed by atoms with Gasteiger partial charge in [0.1, 0.15) is 11.9 Å². The molecule has 6 N–H and O–H groups in total. The summed E-state index contributed by atoms with van der Waals surface area (Å²) in [7, 11) is 1.92. The number of rotatable bonds is 10. The lowest BCUT2D eigenvalue weighted by atomic mass is 9.50. The molecule has 6 rings (SSSR count). The number of phenols is 1. The number of carboxylic acid groups (broad SMARTS) is 1. The minimum absolute atomic E-state index is 0.0449. The Hall–Kier alpha value is -4.05. The topological polar surface area (TPSA) is 213 Å². The first-order valence-electron chi connectivity index (χ1n) is 14.8. The van der Waals surface area contributed by atoms with E-state index in [9.17, 15) is 39.9 Å². The molecule has 14 nitrogen and oxygen atoms in total. The number of carboxylic acids is 1. The van der Waals surface area contributed by atoms with Crippen LogP contribution in [0.3, 0.4) is 0 Å². The number of phenolic OH excluding ortho intramolecular Hbond substituents is 1. The molecule has 2 bridgehead atoms. The maximum atomic E-state index is 13.2. The minimum atomic E-state index is -2.39. The molecule has 1 fully saturated rings. The fraction of sp³-hybridized carbons (Fsp3) is 0.469. The van der Waals surface area contributed by atoms with Gasteiger partial charge in [0.05, 0.1) is 11.0 Å². The van der Waals surface area contributed by atoms with E-state index >= 15 is 0 Å². The zero-order valence-corrected chi connectivity index (χ0v) is 25.0.